The zero-order valence-electron chi connectivity index (χ0n) is 8.74. The van der Waals surface area contributed by atoms with Crippen molar-refractivity contribution >= 4 is 16.5 Å². The fraction of sp³-hybridized carbons (Fsp3) is 0.182. The van der Waals surface area contributed by atoms with E-state index in [2.05, 4.69) is 4.98 Å². The van der Waals surface area contributed by atoms with Gasteiger partial charge in [-0.3, -0.25) is 0 Å². The molecule has 1 aromatic carbocycles. The van der Waals surface area contributed by atoms with Crippen LogP contribution in [0.25, 0.3) is 0 Å². The first-order valence-electron chi connectivity index (χ1n) is 4.74. The molecule has 0 saturated heterocycles. The molecule has 2 aromatic rings. The molecule has 5 heteroatoms. The molecular weight excluding hydrogens is 227 g/mol. The molecule has 1 aromatic heterocycles. The molecule has 16 heavy (non-hydrogen) atoms. The van der Waals surface area contributed by atoms with Gasteiger partial charge in [-0.15, -0.1) is 11.3 Å². The molecule has 84 valence electrons. The van der Waals surface area contributed by atoms with Gasteiger partial charge in [-0.1, -0.05) is 6.07 Å². The topological polar surface area (TPSA) is 48.1 Å². The van der Waals surface area contributed by atoms with E-state index in [1.165, 1.54) is 17.4 Å². The standard InChI is InChI=1S/C11H11FN2OS/c1-7-2-3-9(12)10(4-7)15-5-8-6-16-11(13)14-8/h2-4,6H,5H2,1H3,(H2,13,14). The van der Waals surface area contributed by atoms with Crippen molar-refractivity contribution in [3.05, 3.63) is 40.7 Å². The Kier molecular flexibility index (Phi) is 3.05. The largest absolute Gasteiger partial charge is 0.484 e. The Labute approximate surface area is 96.7 Å². The third-order valence-corrected chi connectivity index (χ3v) is 2.75. The summed E-state index contributed by atoms with van der Waals surface area (Å²) in [6.45, 7) is 2.11. The van der Waals surface area contributed by atoms with Crippen LogP contribution in [0.5, 0.6) is 5.75 Å². The van der Waals surface area contributed by atoms with E-state index in [0.717, 1.165) is 5.56 Å². The SMILES string of the molecule is Cc1ccc(F)c(OCc2csc(N)n2)c1. The molecule has 0 amide bonds. The highest BCUT2D eigenvalue weighted by Gasteiger charge is 2.05. The average Bonchev–Trinajstić information content (AvgIpc) is 2.66. The first-order chi connectivity index (χ1) is 7.65. The van der Waals surface area contributed by atoms with Gasteiger partial charge in [-0.25, -0.2) is 9.37 Å². The molecule has 0 aliphatic heterocycles. The Morgan fingerprint density at radius 2 is 2.31 bits per heavy atom. The van der Waals surface area contributed by atoms with Gasteiger partial charge >= 0.3 is 0 Å². The summed E-state index contributed by atoms with van der Waals surface area (Å²) in [5.41, 5.74) is 7.14. The Morgan fingerprint density at radius 3 is 3.00 bits per heavy atom. The van der Waals surface area contributed by atoms with Crippen molar-refractivity contribution in [1.29, 1.82) is 0 Å². The number of anilines is 1. The van der Waals surface area contributed by atoms with Crippen molar-refractivity contribution in [1.82, 2.24) is 4.98 Å². The minimum Gasteiger partial charge on any atom is -0.484 e. The summed E-state index contributed by atoms with van der Waals surface area (Å²) >= 11 is 1.34. The summed E-state index contributed by atoms with van der Waals surface area (Å²) in [6, 6.07) is 4.74. The first kappa shape index (κ1) is 10.9. The van der Waals surface area contributed by atoms with E-state index in [0.29, 0.717) is 10.8 Å². The number of rotatable bonds is 3. The minimum atomic E-state index is -0.367. The molecule has 0 spiro atoms. The number of halogens is 1. The molecule has 0 aliphatic rings. The van der Waals surface area contributed by atoms with E-state index in [9.17, 15) is 4.39 Å². The lowest BCUT2D eigenvalue weighted by Gasteiger charge is -2.06. The Hall–Kier alpha value is -1.62. The molecule has 1 heterocycles. The lowest BCUT2D eigenvalue weighted by Crippen LogP contribution is -1.98. The van der Waals surface area contributed by atoms with E-state index in [1.54, 1.807) is 17.5 Å². The van der Waals surface area contributed by atoms with Gasteiger partial charge < -0.3 is 10.5 Å². The van der Waals surface area contributed by atoms with E-state index in [1.807, 2.05) is 6.92 Å². The normalized spacial score (nSPS) is 10.4. The zero-order chi connectivity index (χ0) is 11.5. The van der Waals surface area contributed by atoms with Gasteiger partial charge in [0.15, 0.2) is 16.7 Å². The number of aromatic nitrogens is 1. The maximum Gasteiger partial charge on any atom is 0.180 e. The summed E-state index contributed by atoms with van der Waals surface area (Å²) in [6.07, 6.45) is 0. The smallest absolute Gasteiger partial charge is 0.180 e. The number of nitrogens with two attached hydrogens (primary N) is 1. The number of nitrogens with zero attached hydrogens (tertiary/aromatic N) is 1. The second-order valence-corrected chi connectivity index (χ2v) is 4.29. The van der Waals surface area contributed by atoms with Crippen molar-refractivity contribution in [3.8, 4) is 5.75 Å². The highest BCUT2D eigenvalue weighted by atomic mass is 32.1. The molecule has 2 rings (SSSR count). The molecule has 0 unspecified atom stereocenters. The summed E-state index contributed by atoms with van der Waals surface area (Å²) in [5.74, 6) is -0.125. The van der Waals surface area contributed by atoms with Gasteiger partial charge in [0.05, 0.1) is 5.69 Å². The maximum absolute atomic E-state index is 13.3. The minimum absolute atomic E-state index is 0.230. The molecular formula is C11H11FN2OS. The third-order valence-electron chi connectivity index (χ3n) is 2.03. The zero-order valence-corrected chi connectivity index (χ0v) is 9.55. The van der Waals surface area contributed by atoms with Crippen molar-refractivity contribution in [2.75, 3.05) is 5.73 Å². The van der Waals surface area contributed by atoms with Gasteiger partial charge in [0.1, 0.15) is 6.61 Å². The van der Waals surface area contributed by atoms with Crippen LogP contribution in [0.3, 0.4) is 0 Å². The van der Waals surface area contributed by atoms with Gasteiger partial charge in [-0.05, 0) is 24.6 Å². The van der Waals surface area contributed by atoms with Crippen LogP contribution in [0.2, 0.25) is 0 Å². The Bertz CT molecular complexity index is 498. The van der Waals surface area contributed by atoms with Crippen LogP contribution < -0.4 is 10.5 Å². The summed E-state index contributed by atoms with van der Waals surface area (Å²) in [7, 11) is 0. The van der Waals surface area contributed by atoms with E-state index >= 15 is 0 Å². The van der Waals surface area contributed by atoms with Gasteiger partial charge in [-0.2, -0.15) is 0 Å². The Balaban J connectivity index is 2.07. The van der Waals surface area contributed by atoms with Crippen LogP contribution in [-0.2, 0) is 6.61 Å². The molecule has 0 saturated carbocycles. The number of hydrogen-bond acceptors (Lipinski definition) is 4. The van der Waals surface area contributed by atoms with E-state index < -0.39 is 0 Å². The summed E-state index contributed by atoms with van der Waals surface area (Å²) in [5, 5.41) is 2.28. The lowest BCUT2D eigenvalue weighted by atomic mass is 10.2. The molecule has 0 atom stereocenters. The number of thiazole rings is 1. The number of hydrogen-bond donors (Lipinski definition) is 1. The van der Waals surface area contributed by atoms with Crippen molar-refractivity contribution in [3.63, 3.8) is 0 Å². The predicted molar refractivity (Wildman–Crippen MR) is 62.0 cm³/mol. The monoisotopic (exact) mass is 238 g/mol. The van der Waals surface area contributed by atoms with Gasteiger partial charge in [0, 0.05) is 5.38 Å². The first-order valence-corrected chi connectivity index (χ1v) is 5.62. The fourth-order valence-electron chi connectivity index (χ4n) is 1.26. The van der Waals surface area contributed by atoms with Crippen LogP contribution in [0.1, 0.15) is 11.3 Å². The van der Waals surface area contributed by atoms with E-state index in [4.69, 9.17) is 10.5 Å². The molecule has 0 bridgehead atoms. The second-order valence-electron chi connectivity index (χ2n) is 3.40. The van der Waals surface area contributed by atoms with Gasteiger partial charge in [0.25, 0.3) is 0 Å². The van der Waals surface area contributed by atoms with Crippen LogP contribution in [0, 0.1) is 12.7 Å². The summed E-state index contributed by atoms with van der Waals surface area (Å²) < 4.78 is 18.6. The quantitative estimate of drug-likeness (QED) is 0.894. The van der Waals surface area contributed by atoms with Crippen molar-refractivity contribution in [2.24, 2.45) is 0 Å². The number of ether oxygens (including phenoxy) is 1. The highest BCUT2D eigenvalue weighted by Crippen LogP contribution is 2.20. The predicted octanol–water partition coefficient (Wildman–Crippen LogP) is 2.75. The summed E-state index contributed by atoms with van der Waals surface area (Å²) in [4.78, 5) is 4.03. The van der Waals surface area contributed by atoms with Crippen LogP contribution in [0.4, 0.5) is 9.52 Å². The number of benzene rings is 1. The fourth-order valence-corrected chi connectivity index (χ4v) is 1.81. The van der Waals surface area contributed by atoms with Crippen molar-refractivity contribution < 1.29 is 9.13 Å². The number of aryl methyl sites for hydroxylation is 1. The maximum atomic E-state index is 13.3. The van der Waals surface area contributed by atoms with Crippen LogP contribution in [0.15, 0.2) is 23.6 Å². The van der Waals surface area contributed by atoms with Crippen LogP contribution in [-0.4, -0.2) is 4.98 Å². The van der Waals surface area contributed by atoms with Crippen molar-refractivity contribution in [2.45, 2.75) is 13.5 Å². The van der Waals surface area contributed by atoms with Crippen LogP contribution >= 0.6 is 11.3 Å². The average molecular weight is 238 g/mol. The molecule has 2 N–H and O–H groups in total. The Morgan fingerprint density at radius 1 is 1.50 bits per heavy atom. The van der Waals surface area contributed by atoms with Gasteiger partial charge in [0.2, 0.25) is 0 Å². The van der Waals surface area contributed by atoms with E-state index in [-0.39, 0.29) is 18.2 Å². The molecule has 0 fully saturated rings. The third kappa shape index (κ3) is 2.49. The molecule has 3 nitrogen and oxygen atoms in total. The lowest BCUT2D eigenvalue weighted by molar-refractivity contribution is 0.286. The molecule has 0 aliphatic carbocycles. The highest BCUT2D eigenvalue weighted by molar-refractivity contribution is 7.13. The molecule has 0 radical (unpaired) electrons. The number of nitrogen functional groups attached to an aromatic ring is 1. The second kappa shape index (κ2) is 4.49.